The largest absolute Gasteiger partial charge is 0.391 e. The number of hydrogen-bond acceptors (Lipinski definition) is 6. The molecule has 2 aliphatic rings. The molecule has 3 rings (SSSR count). The zero-order chi connectivity index (χ0) is 26.8. The molecule has 1 aromatic heterocycles. The molecule has 2 fully saturated rings. The van der Waals surface area contributed by atoms with Crippen molar-refractivity contribution >= 4 is 46.8 Å². The van der Waals surface area contributed by atoms with Gasteiger partial charge in [0.25, 0.3) is 11.8 Å². The lowest BCUT2D eigenvalue weighted by Gasteiger charge is -2.33. The molecule has 14 heteroatoms. The van der Waals surface area contributed by atoms with Crippen molar-refractivity contribution in [3.05, 3.63) is 23.9 Å². The van der Waals surface area contributed by atoms with Crippen LogP contribution in [-0.2, 0) is 19.2 Å². The van der Waals surface area contributed by atoms with Crippen molar-refractivity contribution in [2.45, 2.75) is 68.7 Å². The number of hydrogen-bond donors (Lipinski definition) is 3. The number of ketones is 1. The summed E-state index contributed by atoms with van der Waals surface area (Å²) < 4.78 is 39.2. The van der Waals surface area contributed by atoms with Crippen molar-refractivity contribution in [1.82, 2.24) is 15.6 Å². The summed E-state index contributed by atoms with van der Waals surface area (Å²) in [6, 6.07) is 0.157. The summed E-state index contributed by atoms with van der Waals surface area (Å²) in [5.74, 6) is -6.60. The van der Waals surface area contributed by atoms with E-state index >= 15 is 0 Å². The summed E-state index contributed by atoms with van der Waals surface area (Å²) in [5.41, 5.74) is 5.00. The second-order valence-corrected chi connectivity index (χ2v) is 9.47. The summed E-state index contributed by atoms with van der Waals surface area (Å²) in [6.07, 6.45) is -4.36. The van der Waals surface area contributed by atoms with Gasteiger partial charge in [-0.2, -0.15) is 13.2 Å². The Balaban J connectivity index is 2.10. The third-order valence-electron chi connectivity index (χ3n) is 5.85. The fourth-order valence-electron chi connectivity index (χ4n) is 4.02. The molecule has 2 heterocycles. The zero-order valence-electron chi connectivity index (χ0n) is 19.2. The average molecular weight is 532 g/mol. The third-order valence-corrected chi connectivity index (χ3v) is 6.19. The topological polar surface area (TPSA) is 152 Å². The molecule has 36 heavy (non-hydrogen) atoms. The van der Waals surface area contributed by atoms with Crippen LogP contribution in [0.1, 0.15) is 49.4 Å². The highest BCUT2D eigenvalue weighted by Crippen LogP contribution is 2.32. The van der Waals surface area contributed by atoms with Gasteiger partial charge in [0.2, 0.25) is 17.6 Å². The fraction of sp³-hybridized carbons (Fsp3) is 0.545. The monoisotopic (exact) mass is 531 g/mol. The minimum absolute atomic E-state index is 0.243. The summed E-state index contributed by atoms with van der Waals surface area (Å²) >= 11 is 5.84. The van der Waals surface area contributed by atoms with Gasteiger partial charge in [0, 0.05) is 24.2 Å². The molecule has 196 valence electrons. The van der Waals surface area contributed by atoms with Crippen LogP contribution in [0.2, 0.25) is 0 Å². The molecule has 1 unspecified atom stereocenters. The van der Waals surface area contributed by atoms with E-state index in [0.717, 1.165) is 12.3 Å². The minimum Gasteiger partial charge on any atom is -0.365 e. The Morgan fingerprint density at radius 1 is 1.31 bits per heavy atom. The van der Waals surface area contributed by atoms with E-state index < -0.39 is 71.6 Å². The van der Waals surface area contributed by atoms with Crippen LogP contribution in [0.4, 0.5) is 19.0 Å². The number of alkyl halides is 4. The number of aromatic nitrogens is 1. The van der Waals surface area contributed by atoms with Crippen molar-refractivity contribution in [3.8, 4) is 0 Å². The number of halogens is 4. The molecular formula is C22H25ClF3N5O5. The Morgan fingerprint density at radius 3 is 2.50 bits per heavy atom. The quantitative estimate of drug-likeness (QED) is 0.305. The van der Waals surface area contributed by atoms with Gasteiger partial charge >= 0.3 is 6.18 Å². The maximum atomic E-state index is 13.3. The SMILES string of the molecule is C[C@@H]1C[C@@H](C[C@@H](C(=O)C(=O)NC2CC2)N(C(=O)C(Cl)CC(F)(F)F)c2ncccc2C(N)=O)C(=O)N1. The molecule has 1 aromatic rings. The normalized spacial score (nSPS) is 21.3. The first kappa shape index (κ1) is 27.4. The first-order chi connectivity index (χ1) is 16.8. The molecule has 10 nitrogen and oxygen atoms in total. The summed E-state index contributed by atoms with van der Waals surface area (Å²) in [5, 5.41) is 2.92. The maximum Gasteiger partial charge on any atom is 0.391 e. The molecule has 1 aliphatic heterocycles. The summed E-state index contributed by atoms with van der Waals surface area (Å²) in [7, 11) is 0. The van der Waals surface area contributed by atoms with E-state index in [1.165, 1.54) is 6.07 Å². The number of rotatable bonds is 10. The van der Waals surface area contributed by atoms with Crippen LogP contribution in [0, 0.1) is 5.92 Å². The van der Waals surface area contributed by atoms with Crippen LogP contribution in [0.3, 0.4) is 0 Å². The van der Waals surface area contributed by atoms with Gasteiger partial charge in [-0.1, -0.05) is 0 Å². The standard InChI is InChI=1S/C22H25ClF3N5O5/c1-10-7-11(19(34)29-10)8-15(16(32)20(35)30-12-4-5-12)31(21(36)14(23)9-22(24,25)26)18-13(17(27)33)3-2-6-28-18/h2-3,6,10-12,14-15H,4-5,7-9H2,1H3,(H2,27,33)(H,29,34)(H,30,35)/t10-,11+,14?,15+/m1/s1. The van der Waals surface area contributed by atoms with Crippen LogP contribution in [0.15, 0.2) is 18.3 Å². The second-order valence-electron chi connectivity index (χ2n) is 8.94. The van der Waals surface area contributed by atoms with Crippen LogP contribution in [0.5, 0.6) is 0 Å². The Hall–Kier alpha value is -3.22. The van der Waals surface area contributed by atoms with E-state index in [1.54, 1.807) is 6.92 Å². The second kappa shape index (κ2) is 10.8. The molecule has 0 bridgehead atoms. The molecule has 1 saturated carbocycles. The number of pyridine rings is 1. The number of carbonyl (C=O) groups is 5. The smallest absolute Gasteiger partial charge is 0.365 e. The lowest BCUT2D eigenvalue weighted by Crippen LogP contribution is -2.54. The molecule has 1 saturated heterocycles. The molecule has 4 atom stereocenters. The van der Waals surface area contributed by atoms with Gasteiger partial charge in [0.15, 0.2) is 0 Å². The van der Waals surface area contributed by atoms with Gasteiger partial charge in [0.1, 0.15) is 17.2 Å². The van der Waals surface area contributed by atoms with Crippen molar-refractivity contribution < 1.29 is 37.1 Å². The number of anilines is 1. The highest BCUT2D eigenvalue weighted by atomic mass is 35.5. The fourth-order valence-corrected chi connectivity index (χ4v) is 4.30. The van der Waals surface area contributed by atoms with E-state index in [4.69, 9.17) is 17.3 Å². The zero-order valence-corrected chi connectivity index (χ0v) is 19.9. The predicted octanol–water partition coefficient (Wildman–Crippen LogP) is 1.20. The van der Waals surface area contributed by atoms with Gasteiger partial charge < -0.3 is 16.4 Å². The van der Waals surface area contributed by atoms with E-state index in [0.29, 0.717) is 17.7 Å². The van der Waals surface area contributed by atoms with E-state index in [9.17, 15) is 37.1 Å². The number of nitrogens with two attached hydrogens (primary N) is 1. The Kier molecular flexibility index (Phi) is 8.22. The molecule has 1 aliphatic carbocycles. The Labute approximate surface area is 209 Å². The number of carbonyl (C=O) groups excluding carboxylic acids is 5. The number of primary amides is 1. The van der Waals surface area contributed by atoms with Crippen LogP contribution in [0.25, 0.3) is 0 Å². The van der Waals surface area contributed by atoms with Gasteiger partial charge in [-0.05, 0) is 44.7 Å². The predicted molar refractivity (Wildman–Crippen MR) is 121 cm³/mol. The van der Waals surface area contributed by atoms with E-state index in [1.807, 2.05) is 0 Å². The molecule has 0 aromatic carbocycles. The van der Waals surface area contributed by atoms with Gasteiger partial charge in [-0.25, -0.2) is 4.98 Å². The van der Waals surface area contributed by atoms with Gasteiger partial charge in [-0.3, -0.25) is 28.9 Å². The molecule has 4 N–H and O–H groups in total. The molecule has 4 amide bonds. The Morgan fingerprint density at radius 2 is 1.97 bits per heavy atom. The summed E-state index contributed by atoms with van der Waals surface area (Å²) in [6.45, 7) is 1.71. The third kappa shape index (κ3) is 6.71. The Bertz CT molecular complexity index is 1060. The van der Waals surface area contributed by atoms with Gasteiger partial charge in [-0.15, -0.1) is 11.6 Å². The molecule has 0 radical (unpaired) electrons. The van der Waals surface area contributed by atoms with Crippen LogP contribution in [-0.4, -0.2) is 64.1 Å². The number of amides is 4. The highest BCUT2D eigenvalue weighted by molar-refractivity contribution is 6.41. The number of nitrogens with one attached hydrogen (secondary N) is 2. The van der Waals surface area contributed by atoms with E-state index in [2.05, 4.69) is 15.6 Å². The lowest BCUT2D eigenvalue weighted by molar-refractivity contribution is -0.143. The number of nitrogens with zero attached hydrogens (tertiary/aromatic N) is 2. The molecule has 0 spiro atoms. The highest BCUT2D eigenvalue weighted by Gasteiger charge is 2.45. The minimum atomic E-state index is -4.84. The van der Waals surface area contributed by atoms with E-state index in [-0.39, 0.29) is 24.1 Å². The van der Waals surface area contributed by atoms with Gasteiger partial charge in [0.05, 0.1) is 12.0 Å². The lowest BCUT2D eigenvalue weighted by atomic mass is 9.92. The van der Waals surface area contributed by atoms with Crippen LogP contribution >= 0.6 is 11.6 Å². The first-order valence-corrected chi connectivity index (χ1v) is 11.7. The van der Waals surface area contributed by atoms with Crippen LogP contribution < -0.4 is 21.3 Å². The van der Waals surface area contributed by atoms with Crippen molar-refractivity contribution in [3.63, 3.8) is 0 Å². The van der Waals surface area contributed by atoms with Crippen molar-refractivity contribution in [2.24, 2.45) is 11.7 Å². The van der Waals surface area contributed by atoms with Crippen molar-refractivity contribution in [1.29, 1.82) is 0 Å². The average Bonchev–Trinajstić information content (AvgIpc) is 3.54. The maximum absolute atomic E-state index is 13.3. The molecular weight excluding hydrogens is 507 g/mol. The first-order valence-electron chi connectivity index (χ1n) is 11.2. The number of Topliss-reactive ketones (excluding diaryl/α,β-unsaturated/α-hetero) is 1. The van der Waals surface area contributed by atoms with Crippen molar-refractivity contribution in [2.75, 3.05) is 4.90 Å². The summed E-state index contributed by atoms with van der Waals surface area (Å²) in [4.78, 5) is 68.3.